The van der Waals surface area contributed by atoms with Crippen LogP contribution in [0.15, 0.2) is 77.7 Å². The van der Waals surface area contributed by atoms with Crippen molar-refractivity contribution in [3.63, 3.8) is 0 Å². The highest BCUT2D eigenvalue weighted by Crippen LogP contribution is 2.28. The second-order valence-electron chi connectivity index (χ2n) is 8.79. The minimum Gasteiger partial charge on any atom is -0.465 e. The van der Waals surface area contributed by atoms with Crippen molar-refractivity contribution in [1.29, 1.82) is 0 Å². The Morgan fingerprint density at radius 3 is 2.43 bits per heavy atom. The monoisotopic (exact) mass is 513 g/mol. The number of nitrogens with one attached hydrogen (secondary N) is 1. The normalized spacial score (nSPS) is 17.6. The van der Waals surface area contributed by atoms with Crippen molar-refractivity contribution in [1.82, 2.24) is 9.47 Å². The fourth-order valence-corrected chi connectivity index (χ4v) is 4.38. The number of halogens is 3. The number of hydrogen-bond donors (Lipinski definition) is 1. The minimum atomic E-state index is -2.64. The van der Waals surface area contributed by atoms with E-state index in [2.05, 4.69) is 5.32 Å². The Kier molecular flexibility index (Phi) is 8.39. The molecule has 2 aromatic carbocycles. The fraction of sp³-hybridized carbons (Fsp3) is 0.296. The molecule has 1 aromatic heterocycles. The molecule has 7 nitrogen and oxygen atoms in total. The first kappa shape index (κ1) is 26.2. The van der Waals surface area contributed by atoms with Crippen molar-refractivity contribution < 1.29 is 27.5 Å². The smallest absolute Gasteiger partial charge is 0.311 e. The highest BCUT2D eigenvalue weighted by Gasteiger charge is 2.43. The Bertz CT molecular complexity index is 1300. The third-order valence-electron chi connectivity index (χ3n) is 6.22. The molecule has 1 aliphatic rings. The van der Waals surface area contributed by atoms with Gasteiger partial charge in [0.15, 0.2) is 0 Å². The van der Waals surface area contributed by atoms with Crippen LogP contribution in [0.4, 0.5) is 18.9 Å². The van der Waals surface area contributed by atoms with Crippen LogP contribution in [0.5, 0.6) is 0 Å². The third-order valence-corrected chi connectivity index (χ3v) is 6.22. The van der Waals surface area contributed by atoms with Crippen LogP contribution in [0.25, 0.3) is 5.69 Å². The zero-order valence-electron chi connectivity index (χ0n) is 19.9. The summed E-state index contributed by atoms with van der Waals surface area (Å²) in [6, 6.07) is 17.8. The number of hydrogen-bond acceptors (Lipinski definition) is 5. The lowest BCUT2D eigenvalue weighted by molar-refractivity contribution is -0.150. The Balaban J connectivity index is 1.45. The van der Waals surface area contributed by atoms with Crippen LogP contribution in [0.1, 0.15) is 5.56 Å². The SMILES string of the molecule is O=C(OCCc1ccccc1)C1CN(CC(F)F)C[C@@H]1C(=O)Nc1ccc(-n2ccccc2=O)cc1F. The van der Waals surface area contributed by atoms with Gasteiger partial charge in [-0.2, -0.15) is 0 Å². The highest BCUT2D eigenvalue weighted by molar-refractivity contribution is 5.96. The topological polar surface area (TPSA) is 80.6 Å². The average Bonchev–Trinajstić information content (AvgIpc) is 3.29. The molecular weight excluding hydrogens is 487 g/mol. The lowest BCUT2D eigenvalue weighted by Crippen LogP contribution is -2.34. The molecule has 0 spiro atoms. The molecule has 194 valence electrons. The largest absolute Gasteiger partial charge is 0.465 e. The maximum atomic E-state index is 14.8. The molecule has 10 heteroatoms. The van der Waals surface area contributed by atoms with Crippen LogP contribution >= 0.6 is 0 Å². The average molecular weight is 514 g/mol. The Morgan fingerprint density at radius 2 is 1.73 bits per heavy atom. The van der Waals surface area contributed by atoms with E-state index in [1.807, 2.05) is 30.3 Å². The van der Waals surface area contributed by atoms with Crippen molar-refractivity contribution in [2.45, 2.75) is 12.8 Å². The zero-order chi connectivity index (χ0) is 26.4. The van der Waals surface area contributed by atoms with E-state index in [1.54, 1.807) is 12.1 Å². The summed E-state index contributed by atoms with van der Waals surface area (Å²) in [6.45, 7) is -0.664. The summed E-state index contributed by atoms with van der Waals surface area (Å²) in [5.41, 5.74) is 0.732. The van der Waals surface area contributed by atoms with E-state index in [-0.39, 0.29) is 36.6 Å². The molecule has 0 aliphatic carbocycles. The predicted octanol–water partition coefficient (Wildman–Crippen LogP) is 3.51. The number of amides is 1. The summed E-state index contributed by atoms with van der Waals surface area (Å²) in [4.78, 5) is 39.2. The lowest BCUT2D eigenvalue weighted by atomic mass is 9.95. The molecular formula is C27H26F3N3O4. The van der Waals surface area contributed by atoms with E-state index in [4.69, 9.17) is 4.74 Å². The first-order valence-corrected chi connectivity index (χ1v) is 11.8. The number of pyridine rings is 1. The van der Waals surface area contributed by atoms with Crippen LogP contribution in [0, 0.1) is 17.7 Å². The van der Waals surface area contributed by atoms with Crippen molar-refractivity contribution >= 4 is 17.6 Å². The Morgan fingerprint density at radius 1 is 1.00 bits per heavy atom. The van der Waals surface area contributed by atoms with Gasteiger partial charge in [-0.05, 0) is 23.8 Å². The van der Waals surface area contributed by atoms with E-state index < -0.39 is 42.5 Å². The number of ether oxygens (including phenoxy) is 1. The number of carbonyl (C=O) groups excluding carboxylic acids is 2. The number of nitrogens with zero attached hydrogens (tertiary/aromatic N) is 2. The number of carbonyl (C=O) groups is 2. The first-order chi connectivity index (χ1) is 17.8. The number of likely N-dealkylation sites (tertiary alicyclic amines) is 1. The molecule has 2 atom stereocenters. The maximum Gasteiger partial charge on any atom is 0.311 e. The number of esters is 1. The predicted molar refractivity (Wildman–Crippen MR) is 131 cm³/mol. The molecule has 1 aliphatic heterocycles. The molecule has 0 bridgehead atoms. The summed E-state index contributed by atoms with van der Waals surface area (Å²) in [6.07, 6.45) is -0.679. The van der Waals surface area contributed by atoms with Crippen molar-refractivity contribution in [2.75, 3.05) is 31.6 Å². The van der Waals surface area contributed by atoms with Gasteiger partial charge in [0.25, 0.3) is 12.0 Å². The van der Waals surface area contributed by atoms with Gasteiger partial charge in [0.05, 0.1) is 36.4 Å². The second kappa shape index (κ2) is 11.9. The molecule has 1 fully saturated rings. The molecule has 2 heterocycles. The molecule has 1 unspecified atom stereocenters. The van der Waals surface area contributed by atoms with Crippen LogP contribution < -0.4 is 10.9 Å². The summed E-state index contributed by atoms with van der Waals surface area (Å²) >= 11 is 0. The molecule has 1 amide bonds. The van der Waals surface area contributed by atoms with Gasteiger partial charge in [-0.25, -0.2) is 13.2 Å². The highest BCUT2D eigenvalue weighted by atomic mass is 19.3. The number of aromatic nitrogens is 1. The van der Waals surface area contributed by atoms with Gasteiger partial charge >= 0.3 is 5.97 Å². The first-order valence-electron chi connectivity index (χ1n) is 11.8. The molecule has 1 N–H and O–H groups in total. The number of alkyl halides is 2. The van der Waals surface area contributed by atoms with Gasteiger partial charge in [-0.3, -0.25) is 23.9 Å². The van der Waals surface area contributed by atoms with Crippen LogP contribution in [-0.2, 0) is 20.7 Å². The van der Waals surface area contributed by atoms with Gasteiger partial charge < -0.3 is 10.1 Å². The second-order valence-corrected chi connectivity index (χ2v) is 8.79. The van der Waals surface area contributed by atoms with Gasteiger partial charge in [0, 0.05) is 37.8 Å². The van der Waals surface area contributed by atoms with Crippen LogP contribution in [-0.4, -0.2) is 54.0 Å². The standard InChI is InChI=1S/C27H26F3N3O4/c28-22-14-19(33-12-5-4-8-25(33)34)9-10-23(22)31-26(35)20-15-32(17-24(29)30)16-21(20)27(36)37-13-11-18-6-2-1-3-7-18/h1-10,12,14,20-21,24H,11,13,15-17H2,(H,31,35)/t20-,21?/m0/s1. The molecule has 1 saturated heterocycles. The molecule has 0 radical (unpaired) electrons. The van der Waals surface area contributed by atoms with Crippen molar-refractivity contribution in [2.24, 2.45) is 11.8 Å². The fourth-order valence-electron chi connectivity index (χ4n) is 4.38. The number of rotatable bonds is 9. The number of benzene rings is 2. The van der Waals surface area contributed by atoms with Crippen LogP contribution in [0.3, 0.4) is 0 Å². The van der Waals surface area contributed by atoms with E-state index in [0.29, 0.717) is 6.42 Å². The summed E-state index contributed by atoms with van der Waals surface area (Å²) < 4.78 is 47.4. The third kappa shape index (κ3) is 6.65. The van der Waals surface area contributed by atoms with E-state index in [9.17, 15) is 27.6 Å². The molecule has 37 heavy (non-hydrogen) atoms. The van der Waals surface area contributed by atoms with Gasteiger partial charge in [0.1, 0.15) is 5.82 Å². The van der Waals surface area contributed by atoms with Crippen LogP contribution in [0.2, 0.25) is 0 Å². The Labute approximate surface area is 211 Å². The summed E-state index contributed by atoms with van der Waals surface area (Å²) in [7, 11) is 0. The summed E-state index contributed by atoms with van der Waals surface area (Å²) in [5.74, 6) is -4.10. The zero-order valence-corrected chi connectivity index (χ0v) is 19.9. The van der Waals surface area contributed by atoms with Gasteiger partial charge in [-0.1, -0.05) is 36.4 Å². The quantitative estimate of drug-likeness (QED) is 0.443. The molecule has 0 saturated carbocycles. The van der Waals surface area contributed by atoms with Gasteiger partial charge in [-0.15, -0.1) is 0 Å². The van der Waals surface area contributed by atoms with Gasteiger partial charge in [0.2, 0.25) is 5.91 Å². The number of anilines is 1. The Hall–Kier alpha value is -3.92. The van der Waals surface area contributed by atoms with Crippen molar-refractivity contribution in [3.8, 4) is 5.69 Å². The maximum absolute atomic E-state index is 14.8. The lowest BCUT2D eigenvalue weighted by Gasteiger charge is -2.18. The molecule has 3 aromatic rings. The van der Waals surface area contributed by atoms with E-state index in [0.717, 1.165) is 11.6 Å². The molecule has 4 rings (SSSR count). The van der Waals surface area contributed by atoms with Crippen molar-refractivity contribution in [3.05, 3.63) is 94.7 Å². The van der Waals surface area contributed by atoms with E-state index in [1.165, 1.54) is 33.9 Å². The van der Waals surface area contributed by atoms with E-state index >= 15 is 0 Å². The minimum absolute atomic E-state index is 0.0645. The summed E-state index contributed by atoms with van der Waals surface area (Å²) in [5, 5.41) is 2.46.